The summed E-state index contributed by atoms with van der Waals surface area (Å²) in [4.78, 5) is 0. The Hall–Kier alpha value is 0.190. The highest BCUT2D eigenvalue weighted by atomic mass is 32.2. The summed E-state index contributed by atoms with van der Waals surface area (Å²) in [5, 5.41) is 35.7. The second-order valence-electron chi connectivity index (χ2n) is 2.27. The van der Waals surface area contributed by atoms with Crippen molar-refractivity contribution < 1.29 is 20.4 Å². The molecule has 0 bridgehead atoms. The number of hydrogen-bond acceptors (Lipinski definition) is 5. The molecular weight excluding hydrogens is 156 g/mol. The lowest BCUT2D eigenvalue weighted by atomic mass is 10.1. The average Bonchev–Trinajstić information content (AvgIpc) is 1.93. The van der Waals surface area contributed by atoms with Gasteiger partial charge in [0.25, 0.3) is 0 Å². The predicted octanol–water partition coefficient (Wildman–Crippen LogP) is -1.87. The van der Waals surface area contributed by atoms with Gasteiger partial charge in [-0.1, -0.05) is 0 Å². The van der Waals surface area contributed by atoms with Crippen LogP contribution in [0.2, 0.25) is 0 Å². The Labute approximate surface area is 62.5 Å². The van der Waals surface area contributed by atoms with Crippen molar-refractivity contribution in [3.63, 3.8) is 0 Å². The highest BCUT2D eigenvalue weighted by Gasteiger charge is 2.35. The summed E-state index contributed by atoms with van der Waals surface area (Å²) in [7, 11) is 0. The maximum atomic E-state index is 8.94. The Morgan fingerprint density at radius 2 is 1.60 bits per heavy atom. The maximum Gasteiger partial charge on any atom is 0.128 e. The van der Waals surface area contributed by atoms with Crippen LogP contribution >= 0.6 is 11.8 Å². The fraction of sp³-hybridized carbons (Fsp3) is 1.00. The molecule has 4 atom stereocenters. The summed E-state index contributed by atoms with van der Waals surface area (Å²) in [5.41, 5.74) is -0.974. The highest BCUT2D eigenvalue weighted by Crippen LogP contribution is 2.23. The van der Waals surface area contributed by atoms with Gasteiger partial charge in [-0.05, 0) is 0 Å². The normalized spacial score (nSPS) is 49.2. The standard InChI is InChI=1S/C5H10O4S/c6-2-1-10-5(9)4(8)3(2)7/h2-9H,1H2/t2-,3-,4-,5-/m1/s1. The zero-order valence-corrected chi connectivity index (χ0v) is 6.03. The number of thioether (sulfide) groups is 1. The van der Waals surface area contributed by atoms with E-state index in [1.165, 1.54) is 0 Å². The second kappa shape index (κ2) is 3.06. The van der Waals surface area contributed by atoms with Crippen LogP contribution in [0.1, 0.15) is 0 Å². The van der Waals surface area contributed by atoms with Crippen molar-refractivity contribution in [2.45, 2.75) is 23.7 Å². The minimum atomic E-state index is -1.23. The molecule has 0 unspecified atom stereocenters. The molecule has 0 aromatic carbocycles. The quantitative estimate of drug-likeness (QED) is 0.339. The largest absolute Gasteiger partial charge is 0.389 e. The molecule has 1 saturated heterocycles. The first-order valence-corrected chi connectivity index (χ1v) is 4.01. The van der Waals surface area contributed by atoms with Crippen LogP contribution in [-0.4, -0.2) is 49.9 Å². The lowest BCUT2D eigenvalue weighted by Crippen LogP contribution is -2.48. The molecule has 4 nitrogen and oxygen atoms in total. The van der Waals surface area contributed by atoms with E-state index >= 15 is 0 Å². The molecule has 4 N–H and O–H groups in total. The van der Waals surface area contributed by atoms with Crippen LogP contribution in [0.25, 0.3) is 0 Å². The van der Waals surface area contributed by atoms with E-state index in [1.807, 2.05) is 0 Å². The van der Waals surface area contributed by atoms with Gasteiger partial charge in [-0.3, -0.25) is 0 Å². The zero-order valence-electron chi connectivity index (χ0n) is 5.21. The molecule has 5 heteroatoms. The monoisotopic (exact) mass is 166 g/mol. The summed E-state index contributed by atoms with van der Waals surface area (Å²) < 4.78 is 0. The molecule has 10 heavy (non-hydrogen) atoms. The van der Waals surface area contributed by atoms with Crippen molar-refractivity contribution in [1.82, 2.24) is 0 Å². The van der Waals surface area contributed by atoms with E-state index in [1.54, 1.807) is 0 Å². The fourth-order valence-electron chi connectivity index (χ4n) is 0.791. The van der Waals surface area contributed by atoms with Gasteiger partial charge in [-0.2, -0.15) is 0 Å². The summed E-state index contributed by atoms with van der Waals surface area (Å²) in [5.74, 6) is 0.263. The molecule has 1 heterocycles. The number of hydrogen-bond donors (Lipinski definition) is 4. The van der Waals surface area contributed by atoms with E-state index in [0.29, 0.717) is 0 Å². The Balaban J connectivity index is 2.52. The Morgan fingerprint density at radius 3 is 2.10 bits per heavy atom. The maximum absolute atomic E-state index is 8.94. The van der Waals surface area contributed by atoms with Crippen LogP contribution in [0.15, 0.2) is 0 Å². The summed E-state index contributed by atoms with van der Waals surface area (Å²) in [6.07, 6.45) is -3.37. The molecule has 60 valence electrons. The molecule has 1 aliphatic heterocycles. The SMILES string of the molecule is O[C@@H]1[C@H](O)[C@H](O)CS[C@H]1O. The smallest absolute Gasteiger partial charge is 0.128 e. The van der Waals surface area contributed by atoms with Gasteiger partial charge in [0, 0.05) is 5.75 Å². The third-order valence-electron chi connectivity index (χ3n) is 1.47. The van der Waals surface area contributed by atoms with Gasteiger partial charge in [-0.15, -0.1) is 11.8 Å². The van der Waals surface area contributed by atoms with E-state index in [0.717, 1.165) is 11.8 Å². The molecule has 1 aliphatic rings. The van der Waals surface area contributed by atoms with E-state index < -0.39 is 23.7 Å². The Bertz CT molecular complexity index is 106. The van der Waals surface area contributed by atoms with Crippen molar-refractivity contribution in [3.8, 4) is 0 Å². The van der Waals surface area contributed by atoms with Crippen LogP contribution in [-0.2, 0) is 0 Å². The molecule has 0 aliphatic carbocycles. The van der Waals surface area contributed by atoms with Crippen LogP contribution in [0.5, 0.6) is 0 Å². The molecule has 0 amide bonds. The molecule has 0 aromatic rings. The van der Waals surface area contributed by atoms with Crippen molar-refractivity contribution >= 4 is 11.8 Å². The third-order valence-corrected chi connectivity index (χ3v) is 2.63. The van der Waals surface area contributed by atoms with Crippen molar-refractivity contribution in [2.75, 3.05) is 5.75 Å². The lowest BCUT2D eigenvalue weighted by molar-refractivity contribution is -0.0834. The van der Waals surface area contributed by atoms with Gasteiger partial charge in [0.15, 0.2) is 0 Å². The van der Waals surface area contributed by atoms with Gasteiger partial charge >= 0.3 is 0 Å². The van der Waals surface area contributed by atoms with Crippen molar-refractivity contribution in [2.24, 2.45) is 0 Å². The fourth-order valence-corrected chi connectivity index (χ4v) is 1.74. The minimum absolute atomic E-state index is 0.263. The molecule has 0 spiro atoms. The summed E-state index contributed by atoms with van der Waals surface area (Å²) in [6, 6.07) is 0. The lowest BCUT2D eigenvalue weighted by Gasteiger charge is -2.31. The minimum Gasteiger partial charge on any atom is -0.389 e. The van der Waals surface area contributed by atoms with E-state index in [4.69, 9.17) is 20.4 Å². The Kier molecular flexibility index (Phi) is 2.54. The van der Waals surface area contributed by atoms with E-state index in [-0.39, 0.29) is 5.75 Å². The van der Waals surface area contributed by atoms with Gasteiger partial charge < -0.3 is 20.4 Å². The zero-order chi connectivity index (χ0) is 7.72. The molecule has 1 rings (SSSR count). The summed E-state index contributed by atoms with van der Waals surface area (Å²) in [6.45, 7) is 0. The van der Waals surface area contributed by atoms with Crippen LogP contribution in [0.3, 0.4) is 0 Å². The molecule has 0 aromatic heterocycles. The van der Waals surface area contributed by atoms with Gasteiger partial charge in [0.1, 0.15) is 17.6 Å². The van der Waals surface area contributed by atoms with Gasteiger partial charge in [0.2, 0.25) is 0 Å². The molecule has 0 radical (unpaired) electrons. The van der Waals surface area contributed by atoms with Crippen molar-refractivity contribution in [1.29, 1.82) is 0 Å². The number of aliphatic hydroxyl groups excluding tert-OH is 4. The number of rotatable bonds is 0. The summed E-state index contributed by atoms with van der Waals surface area (Å²) >= 11 is 1.03. The van der Waals surface area contributed by atoms with Crippen molar-refractivity contribution in [3.05, 3.63) is 0 Å². The first-order chi connectivity index (χ1) is 4.63. The molecule has 0 saturated carbocycles. The average molecular weight is 166 g/mol. The molecular formula is C5H10O4S. The van der Waals surface area contributed by atoms with Gasteiger partial charge in [0.05, 0.1) is 6.10 Å². The van der Waals surface area contributed by atoms with Crippen LogP contribution < -0.4 is 0 Å². The van der Waals surface area contributed by atoms with E-state index in [9.17, 15) is 0 Å². The predicted molar refractivity (Wildman–Crippen MR) is 36.5 cm³/mol. The Morgan fingerprint density at radius 1 is 1.00 bits per heavy atom. The second-order valence-corrected chi connectivity index (χ2v) is 3.42. The van der Waals surface area contributed by atoms with Crippen LogP contribution in [0, 0.1) is 0 Å². The van der Waals surface area contributed by atoms with Crippen LogP contribution in [0.4, 0.5) is 0 Å². The van der Waals surface area contributed by atoms with Gasteiger partial charge in [-0.25, -0.2) is 0 Å². The molecule has 1 fully saturated rings. The topological polar surface area (TPSA) is 80.9 Å². The highest BCUT2D eigenvalue weighted by molar-refractivity contribution is 7.99. The van der Waals surface area contributed by atoms with E-state index in [2.05, 4.69) is 0 Å². The number of aliphatic hydroxyl groups is 4. The first-order valence-electron chi connectivity index (χ1n) is 2.97. The third kappa shape index (κ3) is 1.43. The first kappa shape index (κ1) is 8.29.